The molecule has 1 aliphatic heterocycles. The molecule has 2 unspecified atom stereocenters. The van der Waals surface area contributed by atoms with Crippen LogP contribution in [0.25, 0.3) is 0 Å². The van der Waals surface area contributed by atoms with Crippen LogP contribution in [-0.2, 0) is 4.79 Å². The number of nitrogens with two attached hydrogens (primary N) is 1. The van der Waals surface area contributed by atoms with Gasteiger partial charge in [-0.2, -0.15) is 0 Å². The zero-order valence-electron chi connectivity index (χ0n) is 10.0. The summed E-state index contributed by atoms with van der Waals surface area (Å²) in [5, 5.41) is 0. The van der Waals surface area contributed by atoms with Crippen LogP contribution in [0.3, 0.4) is 0 Å². The molecule has 1 amide bonds. The Labute approximate surface area is 93.0 Å². The first-order valence-corrected chi connectivity index (χ1v) is 6.20. The highest BCUT2D eigenvalue weighted by molar-refractivity contribution is 5.76. The topological polar surface area (TPSA) is 46.3 Å². The highest BCUT2D eigenvalue weighted by Crippen LogP contribution is 2.21. The summed E-state index contributed by atoms with van der Waals surface area (Å²) in [7, 11) is 0. The molecule has 1 fully saturated rings. The maximum atomic E-state index is 11.8. The minimum absolute atomic E-state index is 0.191. The zero-order valence-corrected chi connectivity index (χ0v) is 10.0. The number of carbonyl (C=O) groups is 1. The van der Waals surface area contributed by atoms with Crippen molar-refractivity contribution in [2.24, 2.45) is 11.7 Å². The van der Waals surface area contributed by atoms with Crippen molar-refractivity contribution in [3.8, 4) is 0 Å². The summed E-state index contributed by atoms with van der Waals surface area (Å²) in [5.74, 6) is 0.910. The fourth-order valence-electron chi connectivity index (χ4n) is 2.44. The molecule has 88 valence electrons. The lowest BCUT2D eigenvalue weighted by Gasteiger charge is -2.36. The van der Waals surface area contributed by atoms with Gasteiger partial charge >= 0.3 is 0 Å². The van der Waals surface area contributed by atoms with Gasteiger partial charge in [-0.25, -0.2) is 0 Å². The summed E-state index contributed by atoms with van der Waals surface area (Å²) in [6, 6.07) is 0.191. The molecular weight excluding hydrogens is 188 g/mol. The van der Waals surface area contributed by atoms with Crippen LogP contribution in [0.5, 0.6) is 0 Å². The van der Waals surface area contributed by atoms with Crippen LogP contribution in [-0.4, -0.2) is 29.9 Å². The van der Waals surface area contributed by atoms with Crippen LogP contribution in [0.1, 0.15) is 46.0 Å². The van der Waals surface area contributed by atoms with Crippen LogP contribution in [0, 0.1) is 5.92 Å². The van der Waals surface area contributed by atoms with E-state index in [1.165, 1.54) is 12.8 Å². The van der Waals surface area contributed by atoms with Crippen LogP contribution in [0.4, 0.5) is 0 Å². The Kier molecular flexibility index (Phi) is 5.09. The maximum Gasteiger partial charge on any atom is 0.222 e. The molecule has 0 bridgehead atoms. The van der Waals surface area contributed by atoms with E-state index >= 15 is 0 Å². The molecule has 1 rings (SSSR count). The molecule has 0 radical (unpaired) electrons. The van der Waals surface area contributed by atoms with Crippen molar-refractivity contribution in [1.82, 2.24) is 4.90 Å². The van der Waals surface area contributed by atoms with E-state index in [0.29, 0.717) is 12.3 Å². The molecular formula is C12H24N2O. The summed E-state index contributed by atoms with van der Waals surface area (Å²) in [5.41, 5.74) is 5.99. The Morgan fingerprint density at radius 2 is 2.07 bits per heavy atom. The zero-order chi connectivity index (χ0) is 11.3. The molecule has 3 heteroatoms. The van der Waals surface area contributed by atoms with Gasteiger partial charge in [0.1, 0.15) is 0 Å². The molecule has 0 aromatic carbocycles. The number of carbonyl (C=O) groups excluding carboxylic acids is 1. The maximum absolute atomic E-state index is 11.8. The van der Waals surface area contributed by atoms with Gasteiger partial charge in [-0.1, -0.05) is 20.3 Å². The van der Waals surface area contributed by atoms with E-state index in [0.717, 1.165) is 25.9 Å². The van der Waals surface area contributed by atoms with E-state index in [9.17, 15) is 4.79 Å². The molecule has 1 aliphatic rings. The first-order chi connectivity index (χ1) is 7.17. The standard InChI is InChI=1S/C12H24N2O/c1-3-5-10-7-11(13)9-14(8-10)12(15)6-4-2/h10-11H,3-9,13H2,1-2H3. The summed E-state index contributed by atoms with van der Waals surface area (Å²) < 4.78 is 0. The fourth-order valence-corrected chi connectivity index (χ4v) is 2.44. The van der Waals surface area contributed by atoms with Crippen molar-refractivity contribution >= 4 is 5.91 Å². The molecule has 2 N–H and O–H groups in total. The largest absolute Gasteiger partial charge is 0.341 e. The summed E-state index contributed by atoms with van der Waals surface area (Å²) in [6.07, 6.45) is 5.08. The van der Waals surface area contributed by atoms with E-state index in [2.05, 4.69) is 6.92 Å². The van der Waals surface area contributed by atoms with Crippen molar-refractivity contribution in [3.63, 3.8) is 0 Å². The Morgan fingerprint density at radius 3 is 2.67 bits per heavy atom. The SMILES string of the molecule is CCCC(=O)N1CC(N)CC(CCC)C1. The molecule has 0 aromatic rings. The van der Waals surface area contributed by atoms with Crippen molar-refractivity contribution in [1.29, 1.82) is 0 Å². The van der Waals surface area contributed by atoms with Crippen molar-refractivity contribution < 1.29 is 4.79 Å². The number of amides is 1. The molecule has 0 aromatic heterocycles. The van der Waals surface area contributed by atoms with Gasteiger partial charge in [0, 0.05) is 25.6 Å². The highest BCUT2D eigenvalue weighted by Gasteiger charge is 2.26. The Morgan fingerprint density at radius 1 is 1.33 bits per heavy atom. The smallest absolute Gasteiger partial charge is 0.222 e. The average Bonchev–Trinajstić information content (AvgIpc) is 2.17. The number of hydrogen-bond donors (Lipinski definition) is 1. The first-order valence-electron chi connectivity index (χ1n) is 6.20. The predicted molar refractivity (Wildman–Crippen MR) is 62.5 cm³/mol. The molecule has 15 heavy (non-hydrogen) atoms. The van der Waals surface area contributed by atoms with E-state index in [4.69, 9.17) is 5.73 Å². The normalized spacial score (nSPS) is 26.7. The number of hydrogen-bond acceptors (Lipinski definition) is 2. The molecule has 1 saturated heterocycles. The highest BCUT2D eigenvalue weighted by atomic mass is 16.2. The molecule has 0 saturated carbocycles. The summed E-state index contributed by atoms with van der Waals surface area (Å²) >= 11 is 0. The molecule has 3 nitrogen and oxygen atoms in total. The lowest BCUT2D eigenvalue weighted by atomic mass is 9.91. The molecule has 0 spiro atoms. The van der Waals surface area contributed by atoms with E-state index in [1.807, 2.05) is 11.8 Å². The number of piperidine rings is 1. The van der Waals surface area contributed by atoms with Gasteiger partial charge in [0.15, 0.2) is 0 Å². The minimum atomic E-state index is 0.191. The van der Waals surface area contributed by atoms with E-state index in [1.54, 1.807) is 0 Å². The number of rotatable bonds is 4. The molecule has 1 heterocycles. The van der Waals surface area contributed by atoms with Crippen molar-refractivity contribution in [2.45, 2.75) is 52.0 Å². The minimum Gasteiger partial charge on any atom is -0.341 e. The van der Waals surface area contributed by atoms with Gasteiger partial charge in [-0.05, 0) is 25.2 Å². The lowest BCUT2D eigenvalue weighted by Crippen LogP contribution is -2.49. The van der Waals surface area contributed by atoms with Crippen LogP contribution >= 0.6 is 0 Å². The van der Waals surface area contributed by atoms with Crippen molar-refractivity contribution in [3.05, 3.63) is 0 Å². The second-order valence-corrected chi connectivity index (χ2v) is 4.70. The second-order valence-electron chi connectivity index (χ2n) is 4.70. The Bertz CT molecular complexity index is 206. The monoisotopic (exact) mass is 212 g/mol. The van der Waals surface area contributed by atoms with Gasteiger partial charge in [0.2, 0.25) is 5.91 Å². The first kappa shape index (κ1) is 12.5. The molecule has 2 atom stereocenters. The summed E-state index contributed by atoms with van der Waals surface area (Å²) in [4.78, 5) is 13.7. The third-order valence-corrected chi connectivity index (χ3v) is 3.08. The van der Waals surface area contributed by atoms with Crippen molar-refractivity contribution in [2.75, 3.05) is 13.1 Å². The summed E-state index contributed by atoms with van der Waals surface area (Å²) in [6.45, 7) is 5.93. The van der Waals surface area contributed by atoms with Gasteiger partial charge < -0.3 is 10.6 Å². The molecule has 0 aliphatic carbocycles. The number of likely N-dealkylation sites (tertiary alicyclic amines) is 1. The van der Waals surface area contributed by atoms with Crippen LogP contribution in [0.2, 0.25) is 0 Å². The number of nitrogens with zero attached hydrogens (tertiary/aromatic N) is 1. The van der Waals surface area contributed by atoms with Gasteiger partial charge in [0.05, 0.1) is 0 Å². The predicted octanol–water partition coefficient (Wildman–Crippen LogP) is 1.76. The quantitative estimate of drug-likeness (QED) is 0.772. The third-order valence-electron chi connectivity index (χ3n) is 3.08. The lowest BCUT2D eigenvalue weighted by molar-refractivity contribution is -0.133. The van der Waals surface area contributed by atoms with Crippen LogP contribution in [0.15, 0.2) is 0 Å². The average molecular weight is 212 g/mol. The fraction of sp³-hybridized carbons (Fsp3) is 0.917. The second kappa shape index (κ2) is 6.11. The van der Waals surface area contributed by atoms with Gasteiger partial charge in [-0.3, -0.25) is 4.79 Å². The van der Waals surface area contributed by atoms with Crippen LogP contribution < -0.4 is 5.73 Å². The Hall–Kier alpha value is -0.570. The van der Waals surface area contributed by atoms with E-state index in [-0.39, 0.29) is 11.9 Å². The van der Waals surface area contributed by atoms with E-state index < -0.39 is 0 Å². The van der Waals surface area contributed by atoms with Gasteiger partial charge in [0.25, 0.3) is 0 Å². The van der Waals surface area contributed by atoms with Gasteiger partial charge in [-0.15, -0.1) is 0 Å². The Balaban J connectivity index is 2.47. The third kappa shape index (κ3) is 3.82.